The highest BCUT2D eigenvalue weighted by atomic mass is 35.5. The highest BCUT2D eigenvalue weighted by Gasteiger charge is 2.21. The van der Waals surface area contributed by atoms with Gasteiger partial charge in [0.1, 0.15) is 11.9 Å². The number of nitrogens with one attached hydrogen (secondary N) is 1. The van der Waals surface area contributed by atoms with Crippen LogP contribution in [0.25, 0.3) is 11.1 Å². The Morgan fingerprint density at radius 3 is 2.55 bits per heavy atom. The summed E-state index contributed by atoms with van der Waals surface area (Å²) >= 11 is 12.3. The second kappa shape index (κ2) is 12.0. The number of anilines is 2. The molecule has 0 bridgehead atoms. The van der Waals surface area contributed by atoms with E-state index in [9.17, 15) is 17.9 Å². The Balaban J connectivity index is 1.42. The molecule has 0 radical (unpaired) electrons. The van der Waals surface area contributed by atoms with Gasteiger partial charge in [-0.25, -0.2) is 17.8 Å². The number of aliphatic hydroxyl groups excluding tert-OH is 1. The Labute approximate surface area is 231 Å². The van der Waals surface area contributed by atoms with Crippen molar-refractivity contribution in [2.24, 2.45) is 0 Å². The average Bonchev–Trinajstić information content (AvgIpc) is 2.88. The number of piperidine rings is 1. The van der Waals surface area contributed by atoms with Crippen LogP contribution in [0.15, 0.2) is 48.7 Å². The molecule has 12 heteroatoms. The van der Waals surface area contributed by atoms with Crippen molar-refractivity contribution in [1.29, 1.82) is 0 Å². The lowest BCUT2D eigenvalue weighted by Gasteiger charge is -2.29. The molecule has 1 aromatic heterocycles. The minimum Gasteiger partial charge on any atom is -0.482 e. The summed E-state index contributed by atoms with van der Waals surface area (Å²) in [5.74, 6) is -0.244. The second-order valence-electron chi connectivity index (χ2n) is 9.20. The van der Waals surface area contributed by atoms with E-state index in [2.05, 4.69) is 9.71 Å². The van der Waals surface area contributed by atoms with Gasteiger partial charge < -0.3 is 20.5 Å². The first-order valence-electron chi connectivity index (χ1n) is 12.1. The summed E-state index contributed by atoms with van der Waals surface area (Å²) in [5, 5.41) is 9.74. The third-order valence-corrected chi connectivity index (χ3v) is 8.38. The molecule has 1 saturated heterocycles. The number of aromatic nitrogens is 1. The minimum atomic E-state index is -3.54. The maximum absolute atomic E-state index is 14.0. The topological polar surface area (TPSA) is 118 Å². The third-order valence-electron chi connectivity index (χ3n) is 6.40. The first-order valence-corrected chi connectivity index (χ1v) is 14.5. The Morgan fingerprint density at radius 2 is 1.87 bits per heavy atom. The number of rotatable bonds is 9. The van der Waals surface area contributed by atoms with Crippen LogP contribution in [0.4, 0.5) is 15.9 Å². The quantitative estimate of drug-likeness (QED) is 0.300. The Kier molecular flexibility index (Phi) is 9.00. The summed E-state index contributed by atoms with van der Waals surface area (Å²) in [6.07, 6.45) is 1.88. The van der Waals surface area contributed by atoms with Crippen LogP contribution in [0.1, 0.15) is 31.4 Å². The SMILES string of the molecule is CC(Oc1cc(-c2ccc(NS(=O)(=O)CCN3CCC(O)CC3)cc2)cnc1N)c1c(Cl)ccc(F)c1Cl. The molecule has 8 nitrogen and oxygen atoms in total. The van der Waals surface area contributed by atoms with Crippen LogP contribution < -0.4 is 15.2 Å². The van der Waals surface area contributed by atoms with E-state index in [0.717, 1.165) is 5.56 Å². The predicted octanol–water partition coefficient (Wildman–Crippen LogP) is 5.12. The smallest absolute Gasteiger partial charge is 0.233 e. The lowest BCUT2D eigenvalue weighted by Crippen LogP contribution is -2.39. The molecule has 1 unspecified atom stereocenters. The fraction of sp³-hybridized carbons (Fsp3) is 0.346. The summed E-state index contributed by atoms with van der Waals surface area (Å²) in [6, 6.07) is 11.1. The number of nitrogens with two attached hydrogens (primary N) is 1. The van der Waals surface area contributed by atoms with E-state index in [1.54, 1.807) is 43.5 Å². The van der Waals surface area contributed by atoms with Crippen LogP contribution in [0.5, 0.6) is 5.75 Å². The normalized spacial score (nSPS) is 15.8. The lowest BCUT2D eigenvalue weighted by atomic mass is 10.1. The van der Waals surface area contributed by atoms with E-state index >= 15 is 0 Å². The van der Waals surface area contributed by atoms with Crippen LogP contribution in [0, 0.1) is 5.82 Å². The van der Waals surface area contributed by atoms with Crippen LogP contribution in [0.2, 0.25) is 10.0 Å². The van der Waals surface area contributed by atoms with Crippen LogP contribution in [-0.2, 0) is 10.0 Å². The van der Waals surface area contributed by atoms with E-state index in [1.807, 2.05) is 4.90 Å². The molecule has 0 aliphatic carbocycles. The lowest BCUT2D eigenvalue weighted by molar-refractivity contribution is 0.0856. The fourth-order valence-corrected chi connectivity index (χ4v) is 6.00. The molecular formula is C26H29Cl2FN4O4S. The number of nitrogen functional groups attached to an aromatic ring is 1. The van der Waals surface area contributed by atoms with E-state index < -0.39 is 21.9 Å². The first kappa shape index (κ1) is 28.4. The van der Waals surface area contributed by atoms with Crippen molar-refractivity contribution >= 4 is 44.7 Å². The van der Waals surface area contributed by atoms with Gasteiger partial charge in [0.25, 0.3) is 0 Å². The van der Waals surface area contributed by atoms with Gasteiger partial charge in [-0.05, 0) is 55.7 Å². The highest BCUT2D eigenvalue weighted by Crippen LogP contribution is 2.37. The van der Waals surface area contributed by atoms with Crippen LogP contribution >= 0.6 is 23.2 Å². The zero-order chi connectivity index (χ0) is 27.4. The van der Waals surface area contributed by atoms with Crippen molar-refractivity contribution in [2.75, 3.05) is 35.8 Å². The largest absolute Gasteiger partial charge is 0.482 e. The first-order chi connectivity index (χ1) is 18.0. The van der Waals surface area contributed by atoms with Gasteiger partial charge in [-0.2, -0.15) is 0 Å². The van der Waals surface area contributed by atoms with Gasteiger partial charge in [-0.3, -0.25) is 4.72 Å². The summed E-state index contributed by atoms with van der Waals surface area (Å²) in [5.41, 5.74) is 8.19. The van der Waals surface area contributed by atoms with Gasteiger partial charge in [0.05, 0.1) is 16.9 Å². The molecule has 1 fully saturated rings. The van der Waals surface area contributed by atoms with Crippen molar-refractivity contribution in [2.45, 2.75) is 32.0 Å². The van der Waals surface area contributed by atoms with Gasteiger partial charge in [0.2, 0.25) is 10.0 Å². The Hall–Kier alpha value is -2.63. The third kappa shape index (κ3) is 7.06. The van der Waals surface area contributed by atoms with Crippen LogP contribution in [-0.4, -0.2) is 54.9 Å². The molecule has 2 heterocycles. The van der Waals surface area contributed by atoms with Crippen molar-refractivity contribution in [1.82, 2.24) is 9.88 Å². The number of hydrogen-bond donors (Lipinski definition) is 3. The summed E-state index contributed by atoms with van der Waals surface area (Å²) in [4.78, 5) is 6.24. The molecule has 4 rings (SSSR count). The number of benzene rings is 2. The van der Waals surface area contributed by atoms with Crippen LogP contribution in [0.3, 0.4) is 0 Å². The fourth-order valence-electron chi connectivity index (χ4n) is 4.23. The molecule has 3 aromatic rings. The van der Waals surface area contributed by atoms with Gasteiger partial charge in [0, 0.05) is 47.7 Å². The summed E-state index contributed by atoms with van der Waals surface area (Å²) < 4.78 is 47.6. The van der Waals surface area contributed by atoms with Gasteiger partial charge >= 0.3 is 0 Å². The molecule has 0 saturated carbocycles. The number of halogens is 3. The molecule has 4 N–H and O–H groups in total. The highest BCUT2D eigenvalue weighted by molar-refractivity contribution is 7.92. The number of pyridine rings is 1. The van der Waals surface area contributed by atoms with Gasteiger partial charge in [0.15, 0.2) is 11.6 Å². The van der Waals surface area contributed by atoms with Crippen molar-refractivity contribution in [3.05, 3.63) is 70.1 Å². The zero-order valence-corrected chi connectivity index (χ0v) is 23.0. The number of hydrogen-bond acceptors (Lipinski definition) is 7. The molecule has 204 valence electrons. The standard InChI is InChI=1S/C26H29Cl2FN4O4S/c1-16(24-21(27)6-7-22(29)25(24)28)37-23-14-18(15-31-26(23)30)17-2-4-19(5-3-17)32-38(35,36)13-12-33-10-8-20(34)9-11-33/h2-7,14-16,20,32,34H,8-13H2,1H3,(H2,30,31). The summed E-state index contributed by atoms with van der Waals surface area (Å²) in [6.45, 7) is 3.46. The van der Waals surface area contributed by atoms with Crippen molar-refractivity contribution in [3.63, 3.8) is 0 Å². The molecule has 1 atom stereocenters. The number of nitrogens with zero attached hydrogens (tertiary/aromatic N) is 2. The van der Waals surface area contributed by atoms with E-state index in [1.165, 1.54) is 12.1 Å². The van der Waals surface area contributed by atoms with E-state index in [4.69, 9.17) is 33.7 Å². The molecule has 0 amide bonds. The number of likely N-dealkylation sites (tertiary alicyclic amines) is 1. The Bertz CT molecular complexity index is 1380. The molecule has 0 spiro atoms. The van der Waals surface area contributed by atoms with Crippen molar-refractivity contribution in [3.8, 4) is 16.9 Å². The monoisotopic (exact) mass is 582 g/mol. The minimum absolute atomic E-state index is 0.0367. The van der Waals surface area contributed by atoms with E-state index in [-0.39, 0.29) is 33.5 Å². The molecule has 38 heavy (non-hydrogen) atoms. The molecule has 2 aromatic carbocycles. The molecular weight excluding hydrogens is 554 g/mol. The zero-order valence-electron chi connectivity index (χ0n) is 20.7. The number of aliphatic hydroxyl groups is 1. The number of ether oxygens (including phenoxy) is 1. The van der Waals surface area contributed by atoms with Gasteiger partial charge in [-0.15, -0.1) is 0 Å². The summed E-state index contributed by atoms with van der Waals surface area (Å²) in [7, 11) is -3.54. The molecule has 1 aliphatic heterocycles. The second-order valence-corrected chi connectivity index (χ2v) is 11.8. The Morgan fingerprint density at radius 1 is 1.18 bits per heavy atom. The maximum atomic E-state index is 14.0. The van der Waals surface area contributed by atoms with Gasteiger partial charge in [-0.1, -0.05) is 35.3 Å². The van der Waals surface area contributed by atoms with Crippen molar-refractivity contribution < 1.29 is 22.7 Å². The molecule has 1 aliphatic rings. The predicted molar refractivity (Wildman–Crippen MR) is 149 cm³/mol. The number of sulfonamides is 1. The van der Waals surface area contributed by atoms with E-state index in [0.29, 0.717) is 49.3 Å². The average molecular weight is 584 g/mol. The maximum Gasteiger partial charge on any atom is 0.233 e.